The number of phenols is 1. The fourth-order valence-electron chi connectivity index (χ4n) is 3.57. The van der Waals surface area contributed by atoms with Crippen molar-refractivity contribution in [2.45, 2.75) is 18.7 Å². The first-order chi connectivity index (χ1) is 19.9. The third-order valence-corrected chi connectivity index (χ3v) is 6.47. The molecule has 1 heterocycles. The van der Waals surface area contributed by atoms with Crippen molar-refractivity contribution >= 4 is 51.2 Å². The van der Waals surface area contributed by atoms with Gasteiger partial charge in [-0.3, -0.25) is 14.8 Å². The van der Waals surface area contributed by atoms with Crippen molar-refractivity contribution < 1.29 is 22.9 Å². The molecule has 0 unspecified atom stereocenters. The molecule has 216 valence electrons. The van der Waals surface area contributed by atoms with Crippen molar-refractivity contribution in [1.82, 2.24) is 15.0 Å². The minimum Gasteiger partial charge on any atom is -0.504 e. The van der Waals surface area contributed by atoms with Crippen LogP contribution in [0.2, 0.25) is 0 Å². The van der Waals surface area contributed by atoms with E-state index in [4.69, 9.17) is 0 Å². The quantitative estimate of drug-likeness (QED) is 0.0404. The van der Waals surface area contributed by atoms with Crippen LogP contribution in [0.1, 0.15) is 27.3 Å². The maximum Gasteiger partial charge on any atom is 0.294 e. The Morgan fingerprint density at radius 3 is 2.36 bits per heavy atom. The van der Waals surface area contributed by atoms with Crippen LogP contribution in [0.3, 0.4) is 0 Å². The largest absolute Gasteiger partial charge is 0.504 e. The van der Waals surface area contributed by atoms with Crippen LogP contribution in [0.5, 0.6) is 5.75 Å². The highest BCUT2D eigenvalue weighted by atomic mass is 32.2. The predicted octanol–water partition coefficient (Wildman–Crippen LogP) is 4.62. The zero-order valence-corrected chi connectivity index (χ0v) is 23.8. The van der Waals surface area contributed by atoms with E-state index in [9.17, 15) is 22.9 Å². The number of aryl methyl sites for hydroxylation is 2. The van der Waals surface area contributed by atoms with E-state index in [1.54, 1.807) is 74.4 Å². The predicted molar refractivity (Wildman–Crippen MR) is 158 cm³/mol. The summed E-state index contributed by atoms with van der Waals surface area (Å²) in [4.78, 5) is 25.2. The topological polar surface area (TPSA) is 195 Å². The van der Waals surface area contributed by atoms with Gasteiger partial charge in [0.15, 0.2) is 12.0 Å². The molecule has 14 nitrogen and oxygen atoms in total. The standard InChI is InChI=1S/C27H27N9O5S/c1-16-10-11-19(15-37)21(12-16)32-34-25(18-8-6-5-7-9-18)35-33-23-14-20(42(39,40)41)13-22(24(23)38)30-26-28-17(2)29-27(31-26)36(3)4/h5-15,33,38H,1-4H3,(H,39,40,41)(H,28,29,30,31)/b34-32?,35-25-. The molecule has 0 saturated carbocycles. The fourth-order valence-corrected chi connectivity index (χ4v) is 4.10. The van der Waals surface area contributed by atoms with E-state index in [0.717, 1.165) is 17.7 Å². The maximum absolute atomic E-state index is 12.1. The number of amidine groups is 1. The number of hydrogen-bond donors (Lipinski definition) is 4. The number of carbonyl (C=O) groups excluding carboxylic acids is 1. The van der Waals surface area contributed by atoms with Gasteiger partial charge < -0.3 is 15.3 Å². The zero-order chi connectivity index (χ0) is 30.4. The van der Waals surface area contributed by atoms with Crippen molar-refractivity contribution in [2.24, 2.45) is 15.3 Å². The lowest BCUT2D eigenvalue weighted by molar-refractivity contribution is 0.112. The lowest BCUT2D eigenvalue weighted by atomic mass is 10.1. The first-order valence-corrected chi connectivity index (χ1v) is 13.8. The van der Waals surface area contributed by atoms with E-state index in [1.807, 2.05) is 6.92 Å². The molecule has 1 aromatic heterocycles. The number of benzene rings is 3. The summed E-state index contributed by atoms with van der Waals surface area (Å²) in [6.07, 6.45) is 0.661. The number of anilines is 4. The molecule has 0 saturated heterocycles. The van der Waals surface area contributed by atoms with E-state index in [1.165, 1.54) is 0 Å². The summed E-state index contributed by atoms with van der Waals surface area (Å²) in [7, 11) is -1.25. The second kappa shape index (κ2) is 12.5. The van der Waals surface area contributed by atoms with Gasteiger partial charge in [-0.15, -0.1) is 10.2 Å². The Kier molecular flexibility index (Phi) is 8.83. The van der Waals surface area contributed by atoms with Crippen LogP contribution in [0.25, 0.3) is 0 Å². The molecule has 42 heavy (non-hydrogen) atoms. The van der Waals surface area contributed by atoms with Crippen molar-refractivity contribution in [3.05, 3.63) is 83.2 Å². The van der Waals surface area contributed by atoms with Crippen molar-refractivity contribution in [2.75, 3.05) is 29.7 Å². The number of rotatable bonds is 9. The number of phenolic OH excluding ortho intramolecular Hbond substituents is 1. The Labute approximate surface area is 241 Å². The van der Waals surface area contributed by atoms with E-state index in [-0.39, 0.29) is 23.2 Å². The normalized spacial score (nSPS) is 11.9. The molecule has 4 N–H and O–H groups in total. The van der Waals surface area contributed by atoms with Crippen molar-refractivity contribution in [3.8, 4) is 5.75 Å². The van der Waals surface area contributed by atoms with Crippen molar-refractivity contribution in [3.63, 3.8) is 0 Å². The molecule has 0 fully saturated rings. The molecule has 0 amide bonds. The fraction of sp³-hybridized carbons (Fsp3) is 0.148. The number of nitrogens with zero attached hydrogens (tertiary/aromatic N) is 7. The molecule has 3 aromatic carbocycles. The van der Waals surface area contributed by atoms with Gasteiger partial charge in [0.2, 0.25) is 17.7 Å². The number of hydrogen-bond acceptors (Lipinski definition) is 12. The molecule has 0 aliphatic heterocycles. The molecule has 0 spiro atoms. The Bertz CT molecular complexity index is 1790. The van der Waals surface area contributed by atoms with E-state index in [0.29, 0.717) is 34.9 Å². The SMILES string of the molecule is Cc1ccc(C=O)c(N=N/C(=N\Nc2cc(S(=O)(=O)O)cc(Nc3nc(C)nc(N(C)C)n3)c2O)c2ccccc2)c1. The highest BCUT2D eigenvalue weighted by Gasteiger charge is 2.19. The third kappa shape index (κ3) is 7.26. The van der Waals surface area contributed by atoms with Crippen molar-refractivity contribution in [1.29, 1.82) is 0 Å². The Morgan fingerprint density at radius 2 is 1.69 bits per heavy atom. The zero-order valence-electron chi connectivity index (χ0n) is 23.0. The molecule has 4 rings (SSSR count). The monoisotopic (exact) mass is 589 g/mol. The highest BCUT2D eigenvalue weighted by Crippen LogP contribution is 2.37. The van der Waals surface area contributed by atoms with Crippen LogP contribution in [0, 0.1) is 13.8 Å². The Hall–Kier alpha value is -5.28. The summed E-state index contributed by atoms with van der Waals surface area (Å²) in [6, 6.07) is 15.8. The summed E-state index contributed by atoms with van der Waals surface area (Å²) in [5.41, 5.74) is 4.30. The first kappa shape index (κ1) is 29.7. The smallest absolute Gasteiger partial charge is 0.294 e. The molecule has 0 atom stereocenters. The van der Waals surface area contributed by atoms with Gasteiger partial charge in [0.1, 0.15) is 11.5 Å². The number of nitrogens with one attached hydrogen (secondary N) is 2. The van der Waals surface area contributed by atoms with Crippen LogP contribution in [-0.4, -0.2) is 59.2 Å². The summed E-state index contributed by atoms with van der Waals surface area (Å²) < 4.78 is 33.9. The van der Waals surface area contributed by atoms with Crippen LogP contribution in [-0.2, 0) is 10.1 Å². The number of aromatic nitrogens is 3. The van der Waals surface area contributed by atoms with Gasteiger partial charge in [0, 0.05) is 25.2 Å². The van der Waals surface area contributed by atoms with Crippen LogP contribution >= 0.6 is 0 Å². The second-order valence-electron chi connectivity index (χ2n) is 9.16. The molecule has 15 heteroatoms. The lowest BCUT2D eigenvalue weighted by Gasteiger charge is -2.15. The number of carbonyl (C=O) groups is 1. The van der Waals surface area contributed by atoms with Crippen LogP contribution in [0.4, 0.5) is 29.0 Å². The van der Waals surface area contributed by atoms with Gasteiger partial charge in [-0.2, -0.15) is 28.5 Å². The van der Waals surface area contributed by atoms with E-state index < -0.39 is 20.8 Å². The minimum atomic E-state index is -4.71. The number of azo groups is 1. The first-order valence-electron chi connectivity index (χ1n) is 12.3. The Balaban J connectivity index is 1.77. The van der Waals surface area contributed by atoms with Gasteiger partial charge in [0.05, 0.1) is 16.3 Å². The molecular weight excluding hydrogens is 562 g/mol. The number of aldehydes is 1. The lowest BCUT2D eigenvalue weighted by Crippen LogP contribution is -2.15. The third-order valence-electron chi connectivity index (χ3n) is 5.64. The van der Waals surface area contributed by atoms with E-state index in [2.05, 4.69) is 41.0 Å². The minimum absolute atomic E-state index is 0.0198. The highest BCUT2D eigenvalue weighted by molar-refractivity contribution is 7.85. The summed E-state index contributed by atoms with van der Waals surface area (Å²) in [5, 5.41) is 26.5. The summed E-state index contributed by atoms with van der Waals surface area (Å²) in [6.45, 7) is 3.49. The van der Waals surface area contributed by atoms with E-state index >= 15 is 0 Å². The second-order valence-corrected chi connectivity index (χ2v) is 10.6. The average Bonchev–Trinajstić information content (AvgIpc) is 2.94. The molecule has 4 aromatic rings. The maximum atomic E-state index is 12.1. The van der Waals surface area contributed by atoms with Gasteiger partial charge in [-0.25, -0.2) is 0 Å². The Morgan fingerprint density at radius 1 is 0.976 bits per heavy atom. The average molecular weight is 590 g/mol. The van der Waals surface area contributed by atoms with Crippen LogP contribution in [0.15, 0.2) is 80.9 Å². The molecular formula is C27H27N9O5S. The molecule has 0 bridgehead atoms. The van der Waals surface area contributed by atoms with Crippen LogP contribution < -0.4 is 15.6 Å². The molecule has 0 aliphatic rings. The summed E-state index contributed by atoms with van der Waals surface area (Å²) >= 11 is 0. The van der Waals surface area contributed by atoms with Gasteiger partial charge in [-0.1, -0.05) is 36.4 Å². The number of aromatic hydroxyl groups is 1. The van der Waals surface area contributed by atoms with Gasteiger partial charge >= 0.3 is 0 Å². The van der Waals surface area contributed by atoms with Gasteiger partial charge in [-0.05, 0) is 43.7 Å². The summed E-state index contributed by atoms with van der Waals surface area (Å²) in [5.74, 6) is 0.299. The number of hydrazone groups is 1. The molecule has 0 radical (unpaired) electrons. The van der Waals surface area contributed by atoms with Gasteiger partial charge in [0.25, 0.3) is 10.1 Å². The molecule has 0 aliphatic carbocycles.